The van der Waals surface area contributed by atoms with Gasteiger partial charge in [0.2, 0.25) is 0 Å². The van der Waals surface area contributed by atoms with Crippen LogP contribution in [-0.2, 0) is 32.7 Å². The maximum atomic E-state index is 12.6. The Morgan fingerprint density at radius 3 is 1.40 bits per heavy atom. The van der Waals surface area contributed by atoms with Gasteiger partial charge in [-0.25, -0.2) is 4.57 Å². The van der Waals surface area contributed by atoms with Crippen LogP contribution in [0.4, 0.5) is 0 Å². The van der Waals surface area contributed by atoms with Crippen molar-refractivity contribution in [2.45, 2.75) is 213 Å². The van der Waals surface area contributed by atoms with E-state index in [0.29, 0.717) is 12.8 Å². The standard InChI is InChI=1S/C43H82NO8P/c1-3-5-7-9-11-13-15-17-19-20-22-24-26-28-30-32-34-36-43(46)52-41(40-51-53(47,48)50-38-37-44)39-49-42(45)35-33-31-29-27-25-23-21-18-16-14-12-10-8-6-4-2/h13,15,25,27,41H,3-12,14,16-24,26,28-40,44H2,1-2H3,(H,47,48)/b15-13+,27-25+/t41-/m1/s1. The molecule has 1 unspecified atom stereocenters. The lowest BCUT2D eigenvalue weighted by molar-refractivity contribution is -0.161. The molecule has 0 aromatic heterocycles. The predicted octanol–water partition coefficient (Wildman–Crippen LogP) is 12.4. The highest BCUT2D eigenvalue weighted by Gasteiger charge is 2.26. The molecule has 9 nitrogen and oxygen atoms in total. The van der Waals surface area contributed by atoms with E-state index in [0.717, 1.165) is 38.5 Å². The van der Waals surface area contributed by atoms with E-state index in [1.807, 2.05) is 0 Å². The number of carbonyl (C=O) groups is 2. The van der Waals surface area contributed by atoms with E-state index in [2.05, 4.69) is 38.2 Å². The lowest BCUT2D eigenvalue weighted by atomic mass is 10.1. The Morgan fingerprint density at radius 2 is 0.925 bits per heavy atom. The fraction of sp³-hybridized carbons (Fsp3) is 0.860. The zero-order valence-electron chi connectivity index (χ0n) is 34.3. The summed E-state index contributed by atoms with van der Waals surface area (Å²) in [6.45, 7) is 3.71. The molecular weight excluding hydrogens is 689 g/mol. The summed E-state index contributed by atoms with van der Waals surface area (Å²) in [5, 5.41) is 0. The number of esters is 2. The molecule has 0 aliphatic rings. The van der Waals surface area contributed by atoms with Crippen molar-refractivity contribution in [3.63, 3.8) is 0 Å². The van der Waals surface area contributed by atoms with Gasteiger partial charge >= 0.3 is 19.8 Å². The number of hydrogen-bond donors (Lipinski definition) is 2. The van der Waals surface area contributed by atoms with E-state index in [9.17, 15) is 19.0 Å². The molecule has 0 fully saturated rings. The number of ether oxygens (including phenoxy) is 2. The molecule has 0 aliphatic heterocycles. The number of rotatable bonds is 41. The molecule has 0 aliphatic carbocycles. The smallest absolute Gasteiger partial charge is 0.462 e. The number of unbranched alkanes of at least 4 members (excludes halogenated alkanes) is 24. The number of nitrogens with two attached hydrogens (primary N) is 1. The van der Waals surface area contributed by atoms with Gasteiger partial charge < -0.3 is 20.1 Å². The molecule has 0 saturated heterocycles. The first-order valence-corrected chi connectivity index (χ1v) is 23.3. The van der Waals surface area contributed by atoms with Gasteiger partial charge in [-0.15, -0.1) is 0 Å². The van der Waals surface area contributed by atoms with Crippen LogP contribution < -0.4 is 5.73 Å². The molecule has 0 radical (unpaired) electrons. The van der Waals surface area contributed by atoms with Gasteiger partial charge in [0.05, 0.1) is 13.2 Å². The van der Waals surface area contributed by atoms with Crippen LogP contribution in [-0.4, -0.2) is 49.3 Å². The Hall–Kier alpha value is -1.51. The first-order valence-electron chi connectivity index (χ1n) is 21.8. The summed E-state index contributed by atoms with van der Waals surface area (Å²) in [6.07, 6.45) is 42.1. The van der Waals surface area contributed by atoms with Gasteiger partial charge in [-0.1, -0.05) is 154 Å². The van der Waals surface area contributed by atoms with E-state index >= 15 is 0 Å². The number of phosphoric acid groups is 1. The molecule has 2 atom stereocenters. The van der Waals surface area contributed by atoms with Gasteiger partial charge in [0.25, 0.3) is 0 Å². The molecule has 0 aromatic rings. The number of phosphoric ester groups is 1. The highest BCUT2D eigenvalue weighted by Crippen LogP contribution is 2.43. The van der Waals surface area contributed by atoms with Crippen molar-refractivity contribution in [2.75, 3.05) is 26.4 Å². The fourth-order valence-electron chi connectivity index (χ4n) is 6.04. The quantitative estimate of drug-likeness (QED) is 0.0269. The second-order valence-electron chi connectivity index (χ2n) is 14.6. The maximum Gasteiger partial charge on any atom is 0.472 e. The molecular formula is C43H82NO8P. The van der Waals surface area contributed by atoms with Crippen LogP contribution >= 0.6 is 7.82 Å². The van der Waals surface area contributed by atoms with E-state index in [1.165, 1.54) is 128 Å². The second-order valence-corrected chi connectivity index (χ2v) is 16.0. The fourth-order valence-corrected chi connectivity index (χ4v) is 6.80. The summed E-state index contributed by atoms with van der Waals surface area (Å²) in [7, 11) is -4.38. The molecule has 0 amide bonds. The van der Waals surface area contributed by atoms with Gasteiger partial charge in [-0.3, -0.25) is 18.6 Å². The van der Waals surface area contributed by atoms with Crippen molar-refractivity contribution in [3.05, 3.63) is 24.3 Å². The summed E-state index contributed by atoms with van der Waals surface area (Å²) in [4.78, 5) is 34.8. The van der Waals surface area contributed by atoms with E-state index in [1.54, 1.807) is 0 Å². The highest BCUT2D eigenvalue weighted by molar-refractivity contribution is 7.47. The lowest BCUT2D eigenvalue weighted by Gasteiger charge is -2.19. The van der Waals surface area contributed by atoms with Gasteiger partial charge in [-0.2, -0.15) is 0 Å². The zero-order valence-corrected chi connectivity index (χ0v) is 35.2. The van der Waals surface area contributed by atoms with E-state index < -0.39 is 32.5 Å². The van der Waals surface area contributed by atoms with Crippen LogP contribution in [0, 0.1) is 0 Å². The molecule has 3 N–H and O–H groups in total. The van der Waals surface area contributed by atoms with E-state index in [4.69, 9.17) is 24.3 Å². The van der Waals surface area contributed by atoms with Gasteiger partial charge in [0.15, 0.2) is 6.10 Å². The molecule has 0 aromatic carbocycles. The molecule has 312 valence electrons. The Morgan fingerprint density at radius 1 is 0.547 bits per heavy atom. The molecule has 0 bridgehead atoms. The highest BCUT2D eigenvalue weighted by atomic mass is 31.2. The molecule has 0 saturated carbocycles. The number of carbonyl (C=O) groups excluding carboxylic acids is 2. The van der Waals surface area contributed by atoms with Crippen LogP contribution in [0.1, 0.15) is 206 Å². The lowest BCUT2D eigenvalue weighted by Crippen LogP contribution is -2.29. The van der Waals surface area contributed by atoms with Gasteiger partial charge in [-0.05, 0) is 64.2 Å². The molecule has 53 heavy (non-hydrogen) atoms. The van der Waals surface area contributed by atoms with Crippen LogP contribution in [0.3, 0.4) is 0 Å². The zero-order chi connectivity index (χ0) is 38.9. The van der Waals surface area contributed by atoms with Gasteiger partial charge in [0, 0.05) is 19.4 Å². The summed E-state index contributed by atoms with van der Waals surface area (Å²) in [5.74, 6) is -0.851. The third-order valence-corrected chi connectivity index (χ3v) is 10.3. The van der Waals surface area contributed by atoms with Crippen molar-refractivity contribution in [1.82, 2.24) is 0 Å². The normalized spacial score (nSPS) is 13.5. The average molecular weight is 772 g/mol. The topological polar surface area (TPSA) is 134 Å². The van der Waals surface area contributed by atoms with Crippen LogP contribution in [0.15, 0.2) is 24.3 Å². The number of allylic oxidation sites excluding steroid dienone is 4. The monoisotopic (exact) mass is 772 g/mol. The summed E-state index contributed by atoms with van der Waals surface area (Å²) in [6, 6.07) is 0. The third-order valence-electron chi connectivity index (χ3n) is 9.31. The molecule has 0 heterocycles. The SMILES string of the molecule is CCCCCC/C=C/CCCCCCCCCCCC(=O)O[C@H](COC(=O)CCCC/C=C/CCCCCCCCCCC)COP(=O)(O)OCCN. The summed E-state index contributed by atoms with van der Waals surface area (Å²) < 4.78 is 32.7. The second kappa shape index (κ2) is 40.2. The number of hydrogen-bond acceptors (Lipinski definition) is 8. The van der Waals surface area contributed by atoms with Crippen molar-refractivity contribution in [1.29, 1.82) is 0 Å². The Labute approximate surface area is 325 Å². The Balaban J connectivity index is 4.16. The van der Waals surface area contributed by atoms with E-state index in [-0.39, 0.29) is 32.6 Å². The minimum atomic E-state index is -4.38. The Bertz CT molecular complexity index is 928. The van der Waals surface area contributed by atoms with Crippen LogP contribution in [0.2, 0.25) is 0 Å². The van der Waals surface area contributed by atoms with Crippen LogP contribution in [0.25, 0.3) is 0 Å². The summed E-state index contributed by atoms with van der Waals surface area (Å²) >= 11 is 0. The average Bonchev–Trinajstić information content (AvgIpc) is 3.14. The first kappa shape index (κ1) is 51.5. The summed E-state index contributed by atoms with van der Waals surface area (Å²) in [5.41, 5.74) is 5.34. The molecule has 0 rings (SSSR count). The third kappa shape index (κ3) is 40.0. The Kier molecular flexibility index (Phi) is 39.0. The largest absolute Gasteiger partial charge is 0.472 e. The maximum absolute atomic E-state index is 12.6. The van der Waals surface area contributed by atoms with Crippen molar-refractivity contribution in [2.24, 2.45) is 5.73 Å². The molecule has 0 spiro atoms. The van der Waals surface area contributed by atoms with Crippen LogP contribution in [0.5, 0.6) is 0 Å². The van der Waals surface area contributed by atoms with Crippen molar-refractivity contribution in [3.8, 4) is 0 Å². The molecule has 10 heteroatoms. The first-order chi connectivity index (χ1) is 25.8. The van der Waals surface area contributed by atoms with Crippen molar-refractivity contribution < 1.29 is 37.6 Å². The van der Waals surface area contributed by atoms with Crippen molar-refractivity contribution >= 4 is 19.8 Å². The van der Waals surface area contributed by atoms with Gasteiger partial charge in [0.1, 0.15) is 6.61 Å². The minimum Gasteiger partial charge on any atom is -0.462 e. The minimum absolute atomic E-state index is 0.0518. The predicted molar refractivity (Wildman–Crippen MR) is 220 cm³/mol.